The standard InChI is InChI=1S/C19H17N5O4S2/c25-16-7-4-12-24(16)15-10-8-14(9-11-15)23-30(27,28)19-22-21-18(29-19)20-17(26)13-5-2-1-3-6-13/h1-3,5-6,8-11,23H,4,7,12H2,(H,20,21,26). The fraction of sp³-hybridized carbons (Fsp3) is 0.158. The number of rotatable bonds is 6. The molecule has 9 nitrogen and oxygen atoms in total. The summed E-state index contributed by atoms with van der Waals surface area (Å²) < 4.78 is 27.3. The summed E-state index contributed by atoms with van der Waals surface area (Å²) >= 11 is 0.748. The molecule has 1 fully saturated rings. The van der Waals surface area contributed by atoms with Gasteiger partial charge in [-0.05, 0) is 42.8 Å². The number of carbonyl (C=O) groups is 2. The monoisotopic (exact) mass is 443 g/mol. The third-order valence-electron chi connectivity index (χ3n) is 4.40. The first kappa shape index (κ1) is 20.0. The predicted octanol–water partition coefficient (Wildman–Crippen LogP) is 2.72. The predicted molar refractivity (Wildman–Crippen MR) is 113 cm³/mol. The maximum absolute atomic E-state index is 12.6. The average Bonchev–Trinajstić information content (AvgIpc) is 3.38. The number of hydrogen-bond acceptors (Lipinski definition) is 7. The molecule has 154 valence electrons. The second kappa shape index (κ2) is 8.20. The number of nitrogens with one attached hydrogen (secondary N) is 2. The van der Waals surface area contributed by atoms with E-state index in [0.717, 1.165) is 23.4 Å². The van der Waals surface area contributed by atoms with Crippen LogP contribution in [0.3, 0.4) is 0 Å². The summed E-state index contributed by atoms with van der Waals surface area (Å²) in [5.41, 5.74) is 1.48. The highest BCUT2D eigenvalue weighted by Crippen LogP contribution is 2.26. The Kier molecular flexibility index (Phi) is 5.46. The van der Waals surface area contributed by atoms with Gasteiger partial charge in [-0.3, -0.25) is 19.6 Å². The Balaban J connectivity index is 1.44. The van der Waals surface area contributed by atoms with Crippen molar-refractivity contribution in [2.45, 2.75) is 17.2 Å². The van der Waals surface area contributed by atoms with Crippen LogP contribution < -0.4 is 14.9 Å². The minimum absolute atomic E-state index is 0.0577. The maximum atomic E-state index is 12.6. The van der Waals surface area contributed by atoms with Gasteiger partial charge in [0.15, 0.2) is 0 Å². The van der Waals surface area contributed by atoms with Crippen molar-refractivity contribution in [1.82, 2.24) is 10.2 Å². The molecule has 11 heteroatoms. The van der Waals surface area contributed by atoms with Crippen LogP contribution in [-0.2, 0) is 14.8 Å². The van der Waals surface area contributed by atoms with Gasteiger partial charge in [0.1, 0.15) is 0 Å². The molecule has 0 unspecified atom stereocenters. The lowest BCUT2D eigenvalue weighted by molar-refractivity contribution is -0.117. The van der Waals surface area contributed by atoms with Crippen LogP contribution in [0.2, 0.25) is 0 Å². The lowest BCUT2D eigenvalue weighted by Gasteiger charge is -2.16. The number of amides is 2. The number of anilines is 3. The molecule has 2 amide bonds. The van der Waals surface area contributed by atoms with Crippen molar-refractivity contribution in [3.05, 3.63) is 60.2 Å². The van der Waals surface area contributed by atoms with E-state index in [9.17, 15) is 18.0 Å². The number of nitrogens with zero attached hydrogens (tertiary/aromatic N) is 3. The number of sulfonamides is 1. The van der Waals surface area contributed by atoms with E-state index >= 15 is 0 Å². The summed E-state index contributed by atoms with van der Waals surface area (Å²) in [5.74, 6) is -0.349. The molecular weight excluding hydrogens is 426 g/mol. The number of aromatic nitrogens is 2. The van der Waals surface area contributed by atoms with Crippen molar-refractivity contribution in [3.63, 3.8) is 0 Å². The van der Waals surface area contributed by atoms with Gasteiger partial charge in [-0.25, -0.2) is 0 Å². The molecule has 0 aliphatic carbocycles. The second-order valence-corrected chi connectivity index (χ2v) is 9.33. The van der Waals surface area contributed by atoms with Crippen LogP contribution in [0.15, 0.2) is 58.9 Å². The molecule has 1 aliphatic heterocycles. The van der Waals surface area contributed by atoms with Crippen LogP contribution >= 0.6 is 11.3 Å². The van der Waals surface area contributed by atoms with Gasteiger partial charge in [-0.2, -0.15) is 8.42 Å². The van der Waals surface area contributed by atoms with E-state index in [1.165, 1.54) is 0 Å². The van der Waals surface area contributed by atoms with Crippen LogP contribution in [0.5, 0.6) is 0 Å². The molecule has 0 atom stereocenters. The van der Waals surface area contributed by atoms with E-state index < -0.39 is 15.9 Å². The largest absolute Gasteiger partial charge is 0.312 e. The van der Waals surface area contributed by atoms with Gasteiger partial charge in [0, 0.05) is 29.9 Å². The van der Waals surface area contributed by atoms with Crippen LogP contribution in [-0.4, -0.2) is 37.0 Å². The molecule has 1 saturated heterocycles. The summed E-state index contributed by atoms with van der Waals surface area (Å²) in [5, 5.41) is 10.0. The van der Waals surface area contributed by atoms with Crippen molar-refractivity contribution >= 4 is 49.7 Å². The van der Waals surface area contributed by atoms with Gasteiger partial charge in [-0.15, -0.1) is 10.2 Å². The van der Waals surface area contributed by atoms with Gasteiger partial charge in [0.25, 0.3) is 20.3 Å². The molecule has 0 saturated carbocycles. The molecule has 0 spiro atoms. The number of carbonyl (C=O) groups excluding carboxylic acids is 2. The lowest BCUT2D eigenvalue weighted by atomic mass is 10.2. The van der Waals surface area contributed by atoms with E-state index in [2.05, 4.69) is 20.2 Å². The van der Waals surface area contributed by atoms with Crippen molar-refractivity contribution < 1.29 is 18.0 Å². The number of hydrogen-bond donors (Lipinski definition) is 2. The van der Waals surface area contributed by atoms with Crippen molar-refractivity contribution in [1.29, 1.82) is 0 Å². The van der Waals surface area contributed by atoms with E-state index in [0.29, 0.717) is 24.2 Å². The highest BCUT2D eigenvalue weighted by molar-refractivity contribution is 7.94. The molecule has 30 heavy (non-hydrogen) atoms. The molecule has 2 heterocycles. The van der Waals surface area contributed by atoms with Gasteiger partial charge in [0.2, 0.25) is 11.0 Å². The van der Waals surface area contributed by atoms with E-state index in [1.54, 1.807) is 59.5 Å². The van der Waals surface area contributed by atoms with Crippen molar-refractivity contribution in [2.75, 3.05) is 21.5 Å². The number of benzene rings is 2. The van der Waals surface area contributed by atoms with Crippen molar-refractivity contribution in [3.8, 4) is 0 Å². The minimum Gasteiger partial charge on any atom is -0.312 e. The zero-order chi connectivity index (χ0) is 21.1. The Bertz CT molecular complexity index is 1180. The van der Waals surface area contributed by atoms with Gasteiger partial charge >= 0.3 is 0 Å². The molecule has 2 aromatic carbocycles. The SMILES string of the molecule is O=C(Nc1nnc(S(=O)(=O)Nc2ccc(N3CCCC3=O)cc2)s1)c1ccccc1. The fourth-order valence-corrected chi connectivity index (χ4v) is 4.91. The normalized spacial score (nSPS) is 14.0. The van der Waals surface area contributed by atoms with E-state index in [1.807, 2.05) is 0 Å². The molecule has 1 aromatic heterocycles. The van der Waals surface area contributed by atoms with Gasteiger partial charge in [0.05, 0.1) is 0 Å². The second-order valence-electron chi connectivity index (χ2n) is 6.49. The van der Waals surface area contributed by atoms with Crippen LogP contribution in [0.1, 0.15) is 23.2 Å². The topological polar surface area (TPSA) is 121 Å². The molecule has 0 radical (unpaired) electrons. The zero-order valence-corrected chi connectivity index (χ0v) is 17.2. The smallest absolute Gasteiger partial charge is 0.291 e. The first-order chi connectivity index (χ1) is 14.4. The summed E-state index contributed by atoms with van der Waals surface area (Å²) in [6.07, 6.45) is 1.34. The van der Waals surface area contributed by atoms with Gasteiger partial charge in [-0.1, -0.05) is 29.5 Å². The molecule has 0 bridgehead atoms. The average molecular weight is 444 g/mol. The minimum atomic E-state index is -3.97. The van der Waals surface area contributed by atoms with E-state index in [4.69, 9.17) is 0 Å². The molecule has 1 aliphatic rings. The Hall–Kier alpha value is -3.31. The summed E-state index contributed by atoms with van der Waals surface area (Å²) in [6.45, 7) is 0.659. The molecule has 4 rings (SSSR count). The van der Waals surface area contributed by atoms with E-state index in [-0.39, 0.29) is 15.4 Å². The van der Waals surface area contributed by atoms with Gasteiger partial charge < -0.3 is 4.90 Å². The van der Waals surface area contributed by atoms with Crippen LogP contribution in [0.25, 0.3) is 0 Å². The summed E-state index contributed by atoms with van der Waals surface area (Å²) in [7, 11) is -3.97. The first-order valence-electron chi connectivity index (χ1n) is 9.05. The molecule has 2 N–H and O–H groups in total. The summed E-state index contributed by atoms with van der Waals surface area (Å²) in [4.78, 5) is 25.6. The highest BCUT2D eigenvalue weighted by atomic mass is 32.2. The third kappa shape index (κ3) is 4.31. The highest BCUT2D eigenvalue weighted by Gasteiger charge is 2.23. The quantitative estimate of drug-likeness (QED) is 0.565. The van der Waals surface area contributed by atoms with Crippen molar-refractivity contribution in [2.24, 2.45) is 0 Å². The fourth-order valence-electron chi connectivity index (χ4n) is 2.96. The zero-order valence-electron chi connectivity index (χ0n) is 15.6. The van der Waals surface area contributed by atoms with Crippen LogP contribution in [0, 0.1) is 0 Å². The van der Waals surface area contributed by atoms with Crippen LogP contribution in [0.4, 0.5) is 16.5 Å². The first-order valence-corrected chi connectivity index (χ1v) is 11.4. The summed E-state index contributed by atoms with van der Waals surface area (Å²) in [6, 6.07) is 15.0. The molecular formula is C19H17N5O4S2. The lowest BCUT2D eigenvalue weighted by Crippen LogP contribution is -2.23. The Morgan fingerprint density at radius 3 is 2.43 bits per heavy atom. The Morgan fingerprint density at radius 1 is 1.03 bits per heavy atom. The third-order valence-corrected chi connectivity index (χ3v) is 6.98. The maximum Gasteiger partial charge on any atom is 0.291 e. The Labute approximate surface area is 176 Å². The Morgan fingerprint density at radius 2 is 1.77 bits per heavy atom. The molecule has 3 aromatic rings.